The van der Waals surface area contributed by atoms with Gasteiger partial charge in [0.2, 0.25) is 0 Å². The Morgan fingerprint density at radius 3 is 2.18 bits per heavy atom. The Morgan fingerprint density at radius 2 is 1.45 bits per heavy atom. The van der Waals surface area contributed by atoms with Crippen molar-refractivity contribution in [1.82, 2.24) is 0 Å². The minimum atomic E-state index is -0.400. The number of aryl methyl sites for hydroxylation is 1. The van der Waals surface area contributed by atoms with Gasteiger partial charge in [0.05, 0.1) is 7.11 Å². The van der Waals surface area contributed by atoms with Crippen LogP contribution in [0.2, 0.25) is 0 Å². The van der Waals surface area contributed by atoms with Gasteiger partial charge < -0.3 is 4.74 Å². The van der Waals surface area contributed by atoms with Crippen LogP contribution in [0.1, 0.15) is 16.7 Å². The molecule has 0 saturated heterocycles. The fraction of sp³-hybridized carbons (Fsp3) is 0.100. The zero-order chi connectivity index (χ0) is 15.5. The van der Waals surface area contributed by atoms with E-state index in [-0.39, 0.29) is 5.75 Å². The topological polar surface area (TPSA) is 9.23 Å². The number of fused-ring (bicyclic) bond motifs is 1. The molecule has 0 aliphatic heterocycles. The molecule has 3 rings (SSSR count). The van der Waals surface area contributed by atoms with Crippen LogP contribution in [0.15, 0.2) is 54.6 Å². The molecule has 0 bridgehead atoms. The molecule has 0 spiro atoms. The van der Waals surface area contributed by atoms with Crippen molar-refractivity contribution in [1.29, 1.82) is 0 Å². The van der Waals surface area contributed by atoms with Gasteiger partial charge in [-0.3, -0.25) is 0 Å². The van der Waals surface area contributed by atoms with Gasteiger partial charge in [0.25, 0.3) is 0 Å². The molecule has 3 aromatic rings. The number of hydrogen-bond donors (Lipinski definition) is 0. The van der Waals surface area contributed by atoms with Crippen LogP contribution in [0.5, 0.6) is 5.75 Å². The summed E-state index contributed by atoms with van der Waals surface area (Å²) >= 11 is 0. The summed E-state index contributed by atoms with van der Waals surface area (Å²) in [6.07, 6.45) is 0. The van der Waals surface area contributed by atoms with E-state index in [0.717, 1.165) is 10.9 Å². The van der Waals surface area contributed by atoms with Crippen molar-refractivity contribution in [2.24, 2.45) is 0 Å². The fourth-order valence-corrected chi connectivity index (χ4v) is 2.33. The Kier molecular flexibility index (Phi) is 3.80. The molecule has 0 heterocycles. The molecular formula is C20H15FO. The predicted octanol–water partition coefficient (Wildman–Crippen LogP) is 4.70. The van der Waals surface area contributed by atoms with Crippen molar-refractivity contribution in [2.45, 2.75) is 6.92 Å². The normalized spacial score (nSPS) is 10.1. The molecule has 1 nitrogen and oxygen atoms in total. The van der Waals surface area contributed by atoms with Crippen LogP contribution < -0.4 is 4.74 Å². The molecule has 2 heteroatoms. The van der Waals surface area contributed by atoms with Crippen LogP contribution in [0, 0.1) is 24.6 Å². The summed E-state index contributed by atoms with van der Waals surface area (Å²) in [5.74, 6) is 5.89. The van der Waals surface area contributed by atoms with Crippen molar-refractivity contribution < 1.29 is 9.13 Å². The Labute approximate surface area is 129 Å². The van der Waals surface area contributed by atoms with Crippen LogP contribution in [-0.2, 0) is 0 Å². The number of methoxy groups -OCH3 is 1. The van der Waals surface area contributed by atoms with E-state index in [4.69, 9.17) is 4.74 Å². The molecule has 0 aliphatic rings. The standard InChI is InChI=1S/C20H15FO/c1-14-3-8-18-12-15(6-9-17(18)11-14)4-5-16-7-10-20(22-2)19(21)13-16/h3,6-13H,1-2H3. The molecule has 0 N–H and O–H groups in total. The zero-order valence-corrected chi connectivity index (χ0v) is 12.5. The molecule has 22 heavy (non-hydrogen) atoms. The van der Waals surface area contributed by atoms with Gasteiger partial charge in [0.15, 0.2) is 11.6 Å². The second-order valence-electron chi connectivity index (χ2n) is 5.16. The van der Waals surface area contributed by atoms with Crippen LogP contribution in [0.25, 0.3) is 10.8 Å². The second kappa shape index (κ2) is 5.91. The van der Waals surface area contributed by atoms with Gasteiger partial charge in [-0.15, -0.1) is 0 Å². The first-order valence-corrected chi connectivity index (χ1v) is 7.02. The Morgan fingerprint density at radius 1 is 0.818 bits per heavy atom. The maximum absolute atomic E-state index is 13.6. The molecule has 0 amide bonds. The van der Waals surface area contributed by atoms with Crippen molar-refractivity contribution >= 4 is 10.8 Å². The van der Waals surface area contributed by atoms with E-state index < -0.39 is 5.82 Å². The van der Waals surface area contributed by atoms with Gasteiger partial charge in [-0.1, -0.05) is 41.7 Å². The maximum Gasteiger partial charge on any atom is 0.166 e. The molecule has 0 aromatic heterocycles. The monoisotopic (exact) mass is 290 g/mol. The van der Waals surface area contributed by atoms with Crippen LogP contribution in [-0.4, -0.2) is 7.11 Å². The first-order chi connectivity index (χ1) is 10.7. The fourth-order valence-electron chi connectivity index (χ4n) is 2.33. The zero-order valence-electron chi connectivity index (χ0n) is 12.5. The quantitative estimate of drug-likeness (QED) is 0.590. The van der Waals surface area contributed by atoms with Crippen LogP contribution in [0.4, 0.5) is 4.39 Å². The molecule has 0 atom stereocenters. The predicted molar refractivity (Wildman–Crippen MR) is 87.6 cm³/mol. The van der Waals surface area contributed by atoms with Crippen molar-refractivity contribution in [3.8, 4) is 17.6 Å². The highest BCUT2D eigenvalue weighted by atomic mass is 19.1. The summed E-state index contributed by atoms with van der Waals surface area (Å²) in [7, 11) is 1.44. The maximum atomic E-state index is 13.6. The van der Waals surface area contributed by atoms with Gasteiger partial charge in [0, 0.05) is 11.1 Å². The van der Waals surface area contributed by atoms with Crippen molar-refractivity contribution in [3.05, 3.63) is 77.1 Å². The molecule has 3 aromatic carbocycles. The number of rotatable bonds is 1. The van der Waals surface area contributed by atoms with E-state index >= 15 is 0 Å². The van der Waals surface area contributed by atoms with Gasteiger partial charge in [-0.05, 0) is 48.0 Å². The van der Waals surface area contributed by atoms with E-state index in [1.807, 2.05) is 12.1 Å². The van der Waals surface area contributed by atoms with Crippen molar-refractivity contribution in [3.63, 3.8) is 0 Å². The highest BCUT2D eigenvalue weighted by molar-refractivity contribution is 5.84. The average molecular weight is 290 g/mol. The Hall–Kier alpha value is -2.79. The highest BCUT2D eigenvalue weighted by Gasteiger charge is 2.01. The van der Waals surface area contributed by atoms with Crippen LogP contribution in [0.3, 0.4) is 0 Å². The smallest absolute Gasteiger partial charge is 0.166 e. The Balaban J connectivity index is 1.93. The van der Waals surface area contributed by atoms with Gasteiger partial charge >= 0.3 is 0 Å². The second-order valence-corrected chi connectivity index (χ2v) is 5.16. The molecule has 108 valence electrons. The first kappa shape index (κ1) is 14.2. The lowest BCUT2D eigenvalue weighted by molar-refractivity contribution is 0.386. The SMILES string of the molecule is COc1ccc(C#Cc2ccc3cc(C)ccc3c2)cc1F. The molecule has 0 saturated carbocycles. The molecule has 0 unspecified atom stereocenters. The molecule has 0 fully saturated rings. The summed E-state index contributed by atoms with van der Waals surface area (Å²) < 4.78 is 18.5. The van der Waals surface area contributed by atoms with E-state index in [1.54, 1.807) is 12.1 Å². The minimum Gasteiger partial charge on any atom is -0.494 e. The molecular weight excluding hydrogens is 275 g/mol. The number of halogens is 1. The summed E-state index contributed by atoms with van der Waals surface area (Å²) in [5.41, 5.74) is 2.77. The van der Waals surface area contributed by atoms with Crippen LogP contribution >= 0.6 is 0 Å². The first-order valence-electron chi connectivity index (χ1n) is 7.02. The summed E-state index contributed by atoms with van der Waals surface area (Å²) in [6, 6.07) is 17.1. The van der Waals surface area contributed by atoms with Gasteiger partial charge in [0.1, 0.15) is 0 Å². The third-order valence-electron chi connectivity index (χ3n) is 3.50. The number of ether oxygens (including phenoxy) is 1. The summed E-state index contributed by atoms with van der Waals surface area (Å²) in [5, 5.41) is 2.35. The highest BCUT2D eigenvalue weighted by Crippen LogP contribution is 2.18. The van der Waals surface area contributed by atoms with E-state index in [2.05, 4.69) is 43.0 Å². The lowest BCUT2D eigenvalue weighted by Gasteiger charge is -2.01. The van der Waals surface area contributed by atoms with E-state index in [0.29, 0.717) is 5.56 Å². The van der Waals surface area contributed by atoms with E-state index in [1.165, 1.54) is 24.1 Å². The molecule has 0 radical (unpaired) electrons. The Bertz CT molecular complexity index is 900. The number of benzene rings is 3. The minimum absolute atomic E-state index is 0.228. The summed E-state index contributed by atoms with van der Waals surface area (Å²) in [4.78, 5) is 0. The molecule has 0 aliphatic carbocycles. The summed E-state index contributed by atoms with van der Waals surface area (Å²) in [6.45, 7) is 2.07. The van der Waals surface area contributed by atoms with Gasteiger partial charge in [-0.25, -0.2) is 4.39 Å². The lowest BCUT2D eigenvalue weighted by atomic mass is 10.0. The third kappa shape index (κ3) is 2.94. The largest absolute Gasteiger partial charge is 0.494 e. The number of hydrogen-bond acceptors (Lipinski definition) is 1. The lowest BCUT2D eigenvalue weighted by Crippen LogP contribution is -1.88. The van der Waals surface area contributed by atoms with Gasteiger partial charge in [-0.2, -0.15) is 0 Å². The third-order valence-corrected chi connectivity index (χ3v) is 3.50. The van der Waals surface area contributed by atoms with Crippen molar-refractivity contribution in [2.75, 3.05) is 7.11 Å². The average Bonchev–Trinajstić information content (AvgIpc) is 2.53. The van der Waals surface area contributed by atoms with E-state index in [9.17, 15) is 4.39 Å².